The van der Waals surface area contributed by atoms with E-state index in [9.17, 15) is 9.90 Å². The van der Waals surface area contributed by atoms with Gasteiger partial charge in [-0.2, -0.15) is 0 Å². The van der Waals surface area contributed by atoms with Gasteiger partial charge in [-0.05, 0) is 87.5 Å². The molecule has 0 saturated carbocycles. The second-order valence-corrected chi connectivity index (χ2v) is 20.7. The first-order valence-electron chi connectivity index (χ1n) is 20.2. The number of aliphatic hydroxyl groups is 1. The molecule has 61 heavy (non-hydrogen) atoms. The number of ketones is 1. The Morgan fingerprint density at radius 3 is 1.80 bits per heavy atom. The summed E-state index contributed by atoms with van der Waals surface area (Å²) in [5, 5.41) is 11.6. The highest BCUT2D eigenvalue weighted by Gasteiger charge is 2.53. The number of thiophene rings is 1. The summed E-state index contributed by atoms with van der Waals surface area (Å²) in [6.07, 6.45) is 0.435. The minimum atomic E-state index is -1.33. The molecule has 3 aliphatic carbocycles. The van der Waals surface area contributed by atoms with E-state index in [1.54, 1.807) is 17.4 Å². The highest BCUT2D eigenvalue weighted by molar-refractivity contribution is 7.16. The first-order chi connectivity index (χ1) is 29.0. The van der Waals surface area contributed by atoms with Crippen molar-refractivity contribution in [3.05, 3.63) is 191 Å². The van der Waals surface area contributed by atoms with Gasteiger partial charge in [0, 0.05) is 60.2 Å². The molecule has 5 aromatic carbocycles. The number of para-hydroxylation sites is 1. The Morgan fingerprint density at radius 2 is 1.20 bits per heavy atom. The van der Waals surface area contributed by atoms with Crippen LogP contribution in [0, 0.1) is 0 Å². The molecule has 0 saturated heterocycles. The Balaban J connectivity index is 1.21. The number of hydrogen-bond acceptors (Lipinski definition) is 5. The lowest BCUT2D eigenvalue weighted by atomic mass is 9.71. The number of fused-ring (bicyclic) bond motifs is 11. The Bertz CT molecular complexity index is 2970. The quantitative estimate of drug-likeness (QED) is 0.109. The third-order valence-electron chi connectivity index (χ3n) is 12.3. The van der Waals surface area contributed by atoms with Crippen molar-refractivity contribution in [1.82, 2.24) is 4.98 Å². The van der Waals surface area contributed by atoms with Crippen LogP contribution >= 0.6 is 57.7 Å². The van der Waals surface area contributed by atoms with E-state index in [4.69, 9.17) is 51.4 Å². The van der Waals surface area contributed by atoms with Crippen molar-refractivity contribution in [3.63, 3.8) is 0 Å². The number of rotatable bonds is 4. The van der Waals surface area contributed by atoms with Crippen molar-refractivity contribution in [3.8, 4) is 21.6 Å². The number of carbonyl (C=O) groups is 1. The van der Waals surface area contributed by atoms with Gasteiger partial charge >= 0.3 is 0 Å². The molecule has 0 radical (unpaired) electrons. The van der Waals surface area contributed by atoms with E-state index >= 15 is 0 Å². The van der Waals surface area contributed by atoms with E-state index in [2.05, 4.69) is 162 Å². The van der Waals surface area contributed by atoms with Crippen LogP contribution in [0.4, 0.5) is 17.1 Å². The summed E-state index contributed by atoms with van der Waals surface area (Å²) in [6, 6.07) is 41.4. The highest BCUT2D eigenvalue weighted by atomic mass is 35.5. The summed E-state index contributed by atoms with van der Waals surface area (Å²) in [5.41, 5.74) is 12.7. The Hall–Kier alpha value is -4.72. The summed E-state index contributed by atoms with van der Waals surface area (Å²) in [6.45, 7) is 13.3. The predicted octanol–water partition coefficient (Wildman–Crippen LogP) is 15.5. The fourth-order valence-corrected chi connectivity index (χ4v) is 11.7. The van der Waals surface area contributed by atoms with Crippen LogP contribution in [-0.2, 0) is 16.2 Å². The van der Waals surface area contributed by atoms with Gasteiger partial charge in [0.25, 0.3) is 0 Å². The molecule has 0 aliphatic heterocycles. The van der Waals surface area contributed by atoms with Gasteiger partial charge in [-0.15, -0.1) is 11.3 Å². The van der Waals surface area contributed by atoms with Gasteiger partial charge in [0.05, 0.1) is 31.1 Å². The molecular formula is C52H40Cl4N2O2S. The van der Waals surface area contributed by atoms with Crippen LogP contribution in [0.2, 0.25) is 20.1 Å². The number of Topliss-reactive ketones (excluding diaryl/α,β-unsaturated/α-hetero) is 1. The van der Waals surface area contributed by atoms with Crippen LogP contribution in [-0.4, -0.2) is 15.9 Å². The second-order valence-electron chi connectivity index (χ2n) is 18.1. The minimum absolute atomic E-state index is 0.00538. The van der Waals surface area contributed by atoms with E-state index < -0.39 is 17.3 Å². The second kappa shape index (κ2) is 14.2. The van der Waals surface area contributed by atoms with Crippen LogP contribution < -0.4 is 4.90 Å². The fraction of sp³-hybridized carbons (Fsp3) is 0.192. The molecule has 0 bridgehead atoms. The predicted molar refractivity (Wildman–Crippen MR) is 254 cm³/mol. The molecule has 1 unspecified atom stereocenters. The molecule has 2 heterocycles. The third kappa shape index (κ3) is 5.96. The van der Waals surface area contributed by atoms with Crippen LogP contribution in [0.15, 0.2) is 121 Å². The van der Waals surface area contributed by atoms with Gasteiger partial charge in [0.2, 0.25) is 0 Å². The standard InChI is InChI=1S/C52H40Cl4N2O2S/c1-50(2,3)39-23-29(24-40(57-39)51(4,5)6)58(27-14-8-7-9-15-27)28-20-21-33-37(22-28)52(35-18-12-10-16-31(35)32-17-11-13-19-36(32)52)38-26-30(61-49(33)38)25-34-47(59)41-42(48(34)60)44(54)46(56)45(55)43(41)53/h7-26,47,59H,1-6H3/b34-25-. The van der Waals surface area contributed by atoms with Crippen molar-refractivity contribution >= 4 is 86.7 Å². The minimum Gasteiger partial charge on any atom is -0.383 e. The molecule has 304 valence electrons. The lowest BCUT2D eigenvalue weighted by molar-refractivity contribution is 0.102. The van der Waals surface area contributed by atoms with Crippen LogP contribution in [0.25, 0.3) is 27.6 Å². The molecule has 10 rings (SSSR count). The smallest absolute Gasteiger partial charge is 0.194 e. The lowest BCUT2D eigenvalue weighted by Crippen LogP contribution is -2.26. The maximum atomic E-state index is 14.0. The third-order valence-corrected chi connectivity index (χ3v) is 15.2. The molecule has 2 aromatic heterocycles. The zero-order valence-corrected chi connectivity index (χ0v) is 38.1. The van der Waals surface area contributed by atoms with Gasteiger partial charge in [-0.1, -0.05) is 161 Å². The Morgan fingerprint density at radius 1 is 0.623 bits per heavy atom. The molecule has 1 spiro atoms. The maximum absolute atomic E-state index is 14.0. The summed E-state index contributed by atoms with van der Waals surface area (Å²) in [4.78, 5) is 23.5. The number of carbonyl (C=O) groups excluding carboxylic acids is 1. The zero-order chi connectivity index (χ0) is 42.9. The molecular weight excluding hydrogens is 858 g/mol. The van der Waals surface area contributed by atoms with Gasteiger partial charge < -0.3 is 10.0 Å². The van der Waals surface area contributed by atoms with E-state index in [1.165, 1.54) is 27.8 Å². The number of aliphatic hydroxyl groups excluding tert-OH is 1. The van der Waals surface area contributed by atoms with E-state index in [-0.39, 0.29) is 47.6 Å². The topological polar surface area (TPSA) is 53.4 Å². The van der Waals surface area contributed by atoms with Crippen LogP contribution in [0.3, 0.4) is 0 Å². The summed E-state index contributed by atoms with van der Waals surface area (Å²) in [5.74, 6) is -0.431. The van der Waals surface area contributed by atoms with Gasteiger partial charge in [0.15, 0.2) is 5.78 Å². The largest absolute Gasteiger partial charge is 0.383 e. The van der Waals surface area contributed by atoms with Crippen molar-refractivity contribution in [2.75, 3.05) is 4.90 Å². The number of pyridine rings is 1. The molecule has 4 nitrogen and oxygen atoms in total. The van der Waals surface area contributed by atoms with Crippen LogP contribution in [0.5, 0.6) is 0 Å². The van der Waals surface area contributed by atoms with E-state index in [0.29, 0.717) is 0 Å². The monoisotopic (exact) mass is 896 g/mol. The van der Waals surface area contributed by atoms with Crippen molar-refractivity contribution in [2.45, 2.75) is 63.9 Å². The normalized spacial score (nSPS) is 16.5. The number of nitrogens with zero attached hydrogens (tertiary/aromatic N) is 2. The molecule has 1 N–H and O–H groups in total. The summed E-state index contributed by atoms with van der Waals surface area (Å²) < 4.78 is 0. The first kappa shape index (κ1) is 40.4. The molecule has 1 atom stereocenters. The Labute approximate surface area is 380 Å². The van der Waals surface area contributed by atoms with Crippen molar-refractivity contribution in [1.29, 1.82) is 0 Å². The lowest BCUT2D eigenvalue weighted by Gasteiger charge is -2.33. The maximum Gasteiger partial charge on any atom is 0.194 e. The molecule has 0 amide bonds. The molecule has 7 aromatic rings. The average Bonchev–Trinajstić information content (AvgIpc) is 3.94. The van der Waals surface area contributed by atoms with Gasteiger partial charge in [-0.3, -0.25) is 9.78 Å². The number of hydrogen-bond donors (Lipinski definition) is 1. The van der Waals surface area contributed by atoms with E-state index in [0.717, 1.165) is 49.3 Å². The molecule has 3 aliphatic rings. The Kier molecular flexibility index (Phi) is 9.36. The number of halogens is 4. The summed E-state index contributed by atoms with van der Waals surface area (Å²) >= 11 is 27.5. The SMILES string of the molecule is CC(C)(C)c1cc(N(c2ccccc2)c2ccc3c(c2)C2(c4ccccc4-c4ccccc42)c2cc(/C=C4\C(=O)c5c(Cl)c(Cl)c(Cl)c(Cl)c5C4O)sc2-3)cc(C(C)(C)C)n1. The van der Waals surface area contributed by atoms with Crippen LogP contribution in [0.1, 0.15) is 102 Å². The fourth-order valence-electron chi connectivity index (χ4n) is 9.39. The van der Waals surface area contributed by atoms with Crippen molar-refractivity contribution in [2.24, 2.45) is 0 Å². The average molecular weight is 899 g/mol. The zero-order valence-electron chi connectivity index (χ0n) is 34.3. The van der Waals surface area contributed by atoms with E-state index in [1.807, 2.05) is 0 Å². The van der Waals surface area contributed by atoms with Gasteiger partial charge in [0.1, 0.15) is 6.10 Å². The van der Waals surface area contributed by atoms with Gasteiger partial charge in [-0.25, -0.2) is 0 Å². The molecule has 9 heteroatoms. The highest BCUT2D eigenvalue weighted by Crippen LogP contribution is 2.65. The molecule has 0 fully saturated rings. The summed E-state index contributed by atoms with van der Waals surface area (Å²) in [7, 11) is 0. The van der Waals surface area contributed by atoms with Crippen molar-refractivity contribution < 1.29 is 9.90 Å². The number of benzene rings is 5. The first-order valence-corrected chi connectivity index (χ1v) is 22.5. The number of anilines is 3. The number of aromatic nitrogens is 1.